The molecule has 0 bridgehead atoms. The molecule has 0 heterocycles. The van der Waals surface area contributed by atoms with E-state index in [9.17, 15) is 4.79 Å². The molecule has 16 heavy (non-hydrogen) atoms. The zero-order valence-electron chi connectivity index (χ0n) is 9.39. The van der Waals surface area contributed by atoms with Crippen LogP contribution >= 0.6 is 0 Å². The second-order valence-electron chi connectivity index (χ2n) is 3.16. The van der Waals surface area contributed by atoms with Crippen molar-refractivity contribution in [2.75, 3.05) is 13.2 Å². The first-order valence-corrected chi connectivity index (χ1v) is 5.23. The van der Waals surface area contributed by atoms with Crippen LogP contribution < -0.4 is 0 Å². The van der Waals surface area contributed by atoms with Crippen molar-refractivity contribution in [3.05, 3.63) is 48.6 Å². The van der Waals surface area contributed by atoms with Gasteiger partial charge in [-0.3, -0.25) is 0 Å². The van der Waals surface area contributed by atoms with Gasteiger partial charge in [0.2, 0.25) is 0 Å². The molecule has 0 aliphatic heterocycles. The van der Waals surface area contributed by atoms with Crippen molar-refractivity contribution in [3.8, 4) is 0 Å². The normalized spacial score (nSPS) is 11.8. The first-order chi connectivity index (χ1) is 7.79. The SMILES string of the molecule is C=CCO[C@@H](C(=O)OCC)c1ccccc1. The maximum Gasteiger partial charge on any atom is 0.339 e. The third-order valence-electron chi connectivity index (χ3n) is 1.98. The second-order valence-corrected chi connectivity index (χ2v) is 3.16. The Bertz CT molecular complexity index is 332. The van der Waals surface area contributed by atoms with Gasteiger partial charge in [0.1, 0.15) is 0 Å². The van der Waals surface area contributed by atoms with Crippen molar-refractivity contribution in [2.24, 2.45) is 0 Å². The summed E-state index contributed by atoms with van der Waals surface area (Å²) in [7, 11) is 0. The summed E-state index contributed by atoms with van der Waals surface area (Å²) in [6.45, 7) is 5.99. The highest BCUT2D eigenvalue weighted by Crippen LogP contribution is 2.18. The summed E-state index contributed by atoms with van der Waals surface area (Å²) in [4.78, 5) is 11.7. The molecule has 0 aromatic heterocycles. The van der Waals surface area contributed by atoms with Crippen LogP contribution in [0.25, 0.3) is 0 Å². The second kappa shape index (κ2) is 6.80. The molecule has 0 saturated carbocycles. The van der Waals surface area contributed by atoms with Gasteiger partial charge in [0.15, 0.2) is 6.10 Å². The molecule has 1 atom stereocenters. The zero-order chi connectivity index (χ0) is 11.8. The molecular formula is C13H16O3. The van der Waals surface area contributed by atoms with Gasteiger partial charge in [0.05, 0.1) is 13.2 Å². The maximum absolute atomic E-state index is 11.7. The Morgan fingerprint density at radius 1 is 1.44 bits per heavy atom. The van der Waals surface area contributed by atoms with Crippen molar-refractivity contribution >= 4 is 5.97 Å². The van der Waals surface area contributed by atoms with Crippen LogP contribution in [0.15, 0.2) is 43.0 Å². The van der Waals surface area contributed by atoms with Crippen molar-refractivity contribution < 1.29 is 14.3 Å². The Labute approximate surface area is 95.7 Å². The molecule has 0 spiro atoms. The predicted molar refractivity (Wildman–Crippen MR) is 62.0 cm³/mol. The van der Waals surface area contributed by atoms with E-state index in [2.05, 4.69) is 6.58 Å². The van der Waals surface area contributed by atoms with Gasteiger partial charge in [0, 0.05) is 0 Å². The number of benzene rings is 1. The minimum Gasteiger partial charge on any atom is -0.464 e. The lowest BCUT2D eigenvalue weighted by Crippen LogP contribution is -2.19. The van der Waals surface area contributed by atoms with Gasteiger partial charge in [-0.15, -0.1) is 6.58 Å². The first kappa shape index (κ1) is 12.5. The van der Waals surface area contributed by atoms with E-state index in [1.165, 1.54) is 0 Å². The number of ether oxygens (including phenoxy) is 2. The molecule has 0 radical (unpaired) electrons. The van der Waals surface area contributed by atoms with E-state index in [4.69, 9.17) is 9.47 Å². The summed E-state index contributed by atoms with van der Waals surface area (Å²) in [5, 5.41) is 0. The molecule has 0 aliphatic rings. The summed E-state index contributed by atoms with van der Waals surface area (Å²) in [5.41, 5.74) is 0.794. The highest BCUT2D eigenvalue weighted by atomic mass is 16.6. The highest BCUT2D eigenvalue weighted by Gasteiger charge is 2.21. The Hall–Kier alpha value is -1.61. The monoisotopic (exact) mass is 220 g/mol. The average Bonchev–Trinajstić information content (AvgIpc) is 2.31. The fourth-order valence-corrected chi connectivity index (χ4v) is 1.31. The van der Waals surface area contributed by atoms with Crippen LogP contribution in [0, 0.1) is 0 Å². The average molecular weight is 220 g/mol. The van der Waals surface area contributed by atoms with E-state index in [0.29, 0.717) is 13.2 Å². The van der Waals surface area contributed by atoms with Crippen molar-refractivity contribution in [1.82, 2.24) is 0 Å². The van der Waals surface area contributed by atoms with E-state index >= 15 is 0 Å². The molecule has 0 amide bonds. The van der Waals surface area contributed by atoms with Gasteiger partial charge < -0.3 is 9.47 Å². The molecule has 86 valence electrons. The standard InChI is InChI=1S/C13H16O3/c1-3-10-16-12(13(14)15-4-2)11-8-6-5-7-9-11/h3,5-9,12H,1,4,10H2,2H3/t12-/m1/s1. The number of carbonyl (C=O) groups excluding carboxylic acids is 1. The summed E-state index contributed by atoms with van der Waals surface area (Å²) >= 11 is 0. The van der Waals surface area contributed by atoms with Crippen LogP contribution in [0.2, 0.25) is 0 Å². The molecule has 0 saturated heterocycles. The first-order valence-electron chi connectivity index (χ1n) is 5.23. The molecule has 0 aliphatic carbocycles. The minimum atomic E-state index is -0.667. The molecule has 0 N–H and O–H groups in total. The predicted octanol–water partition coefficient (Wildman–Crippen LogP) is 2.49. The van der Waals surface area contributed by atoms with Gasteiger partial charge in [-0.2, -0.15) is 0 Å². The lowest BCUT2D eigenvalue weighted by molar-refractivity contribution is -0.156. The smallest absolute Gasteiger partial charge is 0.339 e. The van der Waals surface area contributed by atoms with Gasteiger partial charge in [-0.1, -0.05) is 36.4 Å². The van der Waals surface area contributed by atoms with Gasteiger partial charge in [0.25, 0.3) is 0 Å². The molecule has 3 heteroatoms. The van der Waals surface area contributed by atoms with Crippen molar-refractivity contribution in [3.63, 3.8) is 0 Å². The largest absolute Gasteiger partial charge is 0.464 e. The topological polar surface area (TPSA) is 35.5 Å². The summed E-state index contributed by atoms with van der Waals surface area (Å²) in [6, 6.07) is 9.28. The van der Waals surface area contributed by atoms with E-state index in [0.717, 1.165) is 5.56 Å². The molecule has 1 aromatic rings. The lowest BCUT2D eigenvalue weighted by Gasteiger charge is -2.15. The number of rotatable bonds is 6. The fourth-order valence-electron chi connectivity index (χ4n) is 1.31. The van der Waals surface area contributed by atoms with Gasteiger partial charge in [-0.25, -0.2) is 4.79 Å². The van der Waals surface area contributed by atoms with Crippen LogP contribution in [0.1, 0.15) is 18.6 Å². The van der Waals surface area contributed by atoms with Crippen LogP contribution in [0.5, 0.6) is 0 Å². The number of esters is 1. The van der Waals surface area contributed by atoms with Gasteiger partial charge in [-0.05, 0) is 12.5 Å². The Morgan fingerprint density at radius 2 is 2.12 bits per heavy atom. The Kier molecular flexibility index (Phi) is 5.29. The molecule has 0 fully saturated rings. The van der Waals surface area contributed by atoms with Crippen LogP contribution in [-0.4, -0.2) is 19.2 Å². The van der Waals surface area contributed by atoms with Crippen molar-refractivity contribution in [2.45, 2.75) is 13.0 Å². The van der Waals surface area contributed by atoms with Gasteiger partial charge >= 0.3 is 5.97 Å². The Morgan fingerprint density at radius 3 is 2.69 bits per heavy atom. The van der Waals surface area contributed by atoms with Crippen LogP contribution in [0.3, 0.4) is 0 Å². The third-order valence-corrected chi connectivity index (χ3v) is 1.98. The number of hydrogen-bond acceptors (Lipinski definition) is 3. The summed E-state index contributed by atoms with van der Waals surface area (Å²) in [6.07, 6.45) is 0.939. The molecule has 1 aromatic carbocycles. The van der Waals surface area contributed by atoms with E-state index < -0.39 is 6.10 Å². The molecule has 3 nitrogen and oxygen atoms in total. The molecular weight excluding hydrogens is 204 g/mol. The summed E-state index contributed by atoms with van der Waals surface area (Å²) < 4.78 is 10.4. The maximum atomic E-state index is 11.7. The van der Waals surface area contributed by atoms with Crippen LogP contribution in [0.4, 0.5) is 0 Å². The third kappa shape index (κ3) is 3.51. The Balaban J connectivity index is 2.78. The number of hydrogen-bond donors (Lipinski definition) is 0. The van der Waals surface area contributed by atoms with E-state index in [1.54, 1.807) is 13.0 Å². The zero-order valence-corrected chi connectivity index (χ0v) is 9.39. The van der Waals surface area contributed by atoms with E-state index in [-0.39, 0.29) is 5.97 Å². The highest BCUT2D eigenvalue weighted by molar-refractivity contribution is 5.76. The molecule has 0 unspecified atom stereocenters. The number of carbonyl (C=O) groups is 1. The quantitative estimate of drug-likeness (QED) is 0.546. The van der Waals surface area contributed by atoms with E-state index in [1.807, 2.05) is 30.3 Å². The molecule has 1 rings (SSSR count). The van der Waals surface area contributed by atoms with Crippen molar-refractivity contribution in [1.29, 1.82) is 0 Å². The minimum absolute atomic E-state index is 0.318. The fraction of sp³-hybridized carbons (Fsp3) is 0.308. The van der Waals surface area contributed by atoms with Crippen LogP contribution in [-0.2, 0) is 14.3 Å². The summed E-state index contributed by atoms with van der Waals surface area (Å²) in [5.74, 6) is -0.365. The lowest BCUT2D eigenvalue weighted by atomic mass is 10.1.